The molecule has 0 aliphatic carbocycles. The molecule has 3 aromatic heterocycles. The van der Waals surface area contributed by atoms with Crippen molar-refractivity contribution >= 4 is 22.8 Å². The molecule has 0 radical (unpaired) electrons. The standard InChI is InChI=1S/C17H18N6O/c18-15-4-1-11(8-19-15)7-12-5-6-23(10-12)17(24)14-3-2-13-9-20-22-16(13)21-14/h1-4,8-9,12H,5-7,10H2,(H2,18,19)(H,20,21,22). The van der Waals surface area contributed by atoms with Gasteiger partial charge in [0.15, 0.2) is 5.65 Å². The highest BCUT2D eigenvalue weighted by atomic mass is 16.2. The number of nitrogens with two attached hydrogens (primary N) is 1. The van der Waals surface area contributed by atoms with Gasteiger partial charge >= 0.3 is 0 Å². The van der Waals surface area contributed by atoms with Gasteiger partial charge in [0, 0.05) is 24.7 Å². The highest BCUT2D eigenvalue weighted by Crippen LogP contribution is 2.22. The van der Waals surface area contributed by atoms with Crippen LogP contribution in [0.1, 0.15) is 22.5 Å². The van der Waals surface area contributed by atoms with E-state index in [9.17, 15) is 4.79 Å². The first-order valence-corrected chi connectivity index (χ1v) is 7.99. The van der Waals surface area contributed by atoms with E-state index in [1.807, 2.05) is 29.3 Å². The normalized spacial score (nSPS) is 17.5. The number of likely N-dealkylation sites (tertiary alicyclic amines) is 1. The van der Waals surface area contributed by atoms with E-state index in [1.165, 1.54) is 0 Å². The first-order chi connectivity index (χ1) is 11.7. The highest BCUT2D eigenvalue weighted by Gasteiger charge is 2.27. The second kappa shape index (κ2) is 5.92. The zero-order valence-corrected chi connectivity index (χ0v) is 13.1. The molecule has 3 N–H and O–H groups in total. The van der Waals surface area contributed by atoms with E-state index in [4.69, 9.17) is 5.73 Å². The summed E-state index contributed by atoms with van der Waals surface area (Å²) in [7, 11) is 0. The number of aromatic amines is 1. The number of carbonyl (C=O) groups excluding carboxylic acids is 1. The maximum Gasteiger partial charge on any atom is 0.272 e. The number of nitrogens with one attached hydrogen (secondary N) is 1. The summed E-state index contributed by atoms with van der Waals surface area (Å²) in [5, 5.41) is 7.64. The number of fused-ring (bicyclic) bond motifs is 1. The van der Waals surface area contributed by atoms with Crippen LogP contribution in [0.4, 0.5) is 5.82 Å². The lowest BCUT2D eigenvalue weighted by Gasteiger charge is -2.16. The van der Waals surface area contributed by atoms with Crippen LogP contribution in [-0.2, 0) is 6.42 Å². The van der Waals surface area contributed by atoms with Gasteiger partial charge in [0.1, 0.15) is 11.5 Å². The van der Waals surface area contributed by atoms with Crippen LogP contribution in [0.15, 0.2) is 36.7 Å². The molecule has 1 aliphatic heterocycles. The second-order valence-electron chi connectivity index (χ2n) is 6.21. The summed E-state index contributed by atoms with van der Waals surface area (Å²) in [5.74, 6) is 0.946. The van der Waals surface area contributed by atoms with Crippen LogP contribution in [0.2, 0.25) is 0 Å². The zero-order valence-electron chi connectivity index (χ0n) is 13.1. The predicted octanol–water partition coefficient (Wildman–Crippen LogP) is 1.64. The van der Waals surface area contributed by atoms with Gasteiger partial charge in [-0.3, -0.25) is 9.89 Å². The van der Waals surface area contributed by atoms with Gasteiger partial charge in [0.2, 0.25) is 0 Å². The van der Waals surface area contributed by atoms with Crippen molar-refractivity contribution < 1.29 is 4.79 Å². The molecule has 0 saturated carbocycles. The third-order valence-electron chi connectivity index (χ3n) is 4.46. The number of amides is 1. The van der Waals surface area contributed by atoms with E-state index in [2.05, 4.69) is 20.2 Å². The number of nitrogen functional groups attached to an aromatic ring is 1. The summed E-state index contributed by atoms with van der Waals surface area (Å²) in [6.45, 7) is 1.50. The van der Waals surface area contributed by atoms with Crippen LogP contribution in [-0.4, -0.2) is 44.1 Å². The minimum Gasteiger partial charge on any atom is -0.384 e. The van der Waals surface area contributed by atoms with Crippen LogP contribution in [0.3, 0.4) is 0 Å². The lowest BCUT2D eigenvalue weighted by Crippen LogP contribution is -2.29. The number of hydrogen-bond acceptors (Lipinski definition) is 5. The Hall–Kier alpha value is -2.96. The fourth-order valence-corrected chi connectivity index (χ4v) is 3.18. The molecule has 0 bridgehead atoms. The number of aromatic nitrogens is 4. The molecule has 24 heavy (non-hydrogen) atoms. The summed E-state index contributed by atoms with van der Waals surface area (Å²) in [6.07, 6.45) is 5.41. The Kier molecular flexibility index (Phi) is 3.60. The Morgan fingerprint density at radius 3 is 3.04 bits per heavy atom. The molecule has 1 atom stereocenters. The molecule has 1 saturated heterocycles. The number of nitrogens with zero attached hydrogens (tertiary/aromatic N) is 4. The molecule has 1 amide bonds. The van der Waals surface area contributed by atoms with Crippen molar-refractivity contribution in [3.63, 3.8) is 0 Å². The summed E-state index contributed by atoms with van der Waals surface area (Å²) in [6, 6.07) is 7.45. The molecule has 7 heteroatoms. The quantitative estimate of drug-likeness (QED) is 0.763. The first-order valence-electron chi connectivity index (χ1n) is 7.99. The van der Waals surface area contributed by atoms with Crippen molar-refractivity contribution in [2.45, 2.75) is 12.8 Å². The van der Waals surface area contributed by atoms with E-state index >= 15 is 0 Å². The smallest absolute Gasteiger partial charge is 0.272 e. The maximum absolute atomic E-state index is 12.7. The molecule has 3 aromatic rings. The van der Waals surface area contributed by atoms with Crippen molar-refractivity contribution in [3.05, 3.63) is 47.9 Å². The van der Waals surface area contributed by atoms with Gasteiger partial charge in [-0.05, 0) is 42.5 Å². The van der Waals surface area contributed by atoms with E-state index in [0.29, 0.717) is 23.1 Å². The van der Waals surface area contributed by atoms with Gasteiger partial charge < -0.3 is 10.6 Å². The Morgan fingerprint density at radius 2 is 2.21 bits per heavy atom. The topological polar surface area (TPSA) is 101 Å². The Labute approximate surface area is 138 Å². The zero-order chi connectivity index (χ0) is 16.5. The van der Waals surface area contributed by atoms with E-state index in [-0.39, 0.29) is 5.91 Å². The maximum atomic E-state index is 12.7. The molecule has 1 unspecified atom stereocenters. The molecule has 1 fully saturated rings. The number of anilines is 1. The molecular formula is C17H18N6O. The number of pyridine rings is 2. The van der Waals surface area contributed by atoms with Gasteiger partial charge in [-0.1, -0.05) is 6.07 Å². The fraction of sp³-hybridized carbons (Fsp3) is 0.294. The molecule has 1 aliphatic rings. The third kappa shape index (κ3) is 2.80. The van der Waals surface area contributed by atoms with Crippen molar-refractivity contribution in [1.82, 2.24) is 25.1 Å². The number of carbonyl (C=O) groups is 1. The number of H-pyrrole nitrogens is 1. The van der Waals surface area contributed by atoms with E-state index in [0.717, 1.165) is 36.9 Å². The predicted molar refractivity (Wildman–Crippen MR) is 90.3 cm³/mol. The summed E-state index contributed by atoms with van der Waals surface area (Å²) in [5.41, 5.74) is 7.87. The Morgan fingerprint density at radius 1 is 1.29 bits per heavy atom. The molecule has 122 valence electrons. The molecule has 7 nitrogen and oxygen atoms in total. The lowest BCUT2D eigenvalue weighted by atomic mass is 10.00. The van der Waals surface area contributed by atoms with Crippen molar-refractivity contribution in [2.75, 3.05) is 18.8 Å². The van der Waals surface area contributed by atoms with Crippen LogP contribution in [0.25, 0.3) is 11.0 Å². The van der Waals surface area contributed by atoms with E-state index in [1.54, 1.807) is 12.3 Å². The van der Waals surface area contributed by atoms with Crippen LogP contribution >= 0.6 is 0 Å². The van der Waals surface area contributed by atoms with Crippen LogP contribution in [0, 0.1) is 5.92 Å². The van der Waals surface area contributed by atoms with Gasteiger partial charge in [-0.25, -0.2) is 9.97 Å². The van der Waals surface area contributed by atoms with Crippen molar-refractivity contribution in [2.24, 2.45) is 5.92 Å². The average Bonchev–Trinajstić information content (AvgIpc) is 3.24. The highest BCUT2D eigenvalue weighted by molar-refractivity contribution is 5.94. The Bertz CT molecular complexity index is 872. The van der Waals surface area contributed by atoms with Crippen molar-refractivity contribution in [1.29, 1.82) is 0 Å². The molecular weight excluding hydrogens is 304 g/mol. The molecule has 0 spiro atoms. The summed E-state index contributed by atoms with van der Waals surface area (Å²) in [4.78, 5) is 23.0. The second-order valence-corrected chi connectivity index (χ2v) is 6.21. The van der Waals surface area contributed by atoms with Gasteiger partial charge in [0.25, 0.3) is 5.91 Å². The molecule has 4 heterocycles. The minimum atomic E-state index is -0.0237. The average molecular weight is 322 g/mol. The number of hydrogen-bond donors (Lipinski definition) is 2. The number of rotatable bonds is 3. The summed E-state index contributed by atoms with van der Waals surface area (Å²) >= 11 is 0. The largest absolute Gasteiger partial charge is 0.384 e. The van der Waals surface area contributed by atoms with Crippen LogP contribution < -0.4 is 5.73 Å². The van der Waals surface area contributed by atoms with Crippen LogP contribution in [0.5, 0.6) is 0 Å². The fourth-order valence-electron chi connectivity index (χ4n) is 3.18. The minimum absolute atomic E-state index is 0.0237. The Balaban J connectivity index is 1.43. The third-order valence-corrected chi connectivity index (χ3v) is 4.46. The van der Waals surface area contributed by atoms with Gasteiger partial charge in [0.05, 0.1) is 6.20 Å². The van der Waals surface area contributed by atoms with E-state index < -0.39 is 0 Å². The molecule has 0 aromatic carbocycles. The van der Waals surface area contributed by atoms with Gasteiger partial charge in [-0.2, -0.15) is 5.10 Å². The summed E-state index contributed by atoms with van der Waals surface area (Å²) < 4.78 is 0. The lowest BCUT2D eigenvalue weighted by molar-refractivity contribution is 0.0781. The first kappa shape index (κ1) is 14.6. The van der Waals surface area contributed by atoms with Crippen molar-refractivity contribution in [3.8, 4) is 0 Å². The van der Waals surface area contributed by atoms with Gasteiger partial charge in [-0.15, -0.1) is 0 Å². The molecule has 4 rings (SSSR count). The SMILES string of the molecule is Nc1ccc(CC2CCN(C(=O)c3ccc4cn[nH]c4n3)C2)cn1. The monoisotopic (exact) mass is 322 g/mol.